The number of benzene rings is 3. The van der Waals surface area contributed by atoms with Crippen molar-refractivity contribution in [2.24, 2.45) is 0 Å². The zero-order valence-electron chi connectivity index (χ0n) is 16.8. The van der Waals surface area contributed by atoms with Crippen molar-refractivity contribution in [3.63, 3.8) is 0 Å². The Hall–Kier alpha value is -3.07. The molecule has 2 N–H and O–H groups in total. The van der Waals surface area contributed by atoms with E-state index < -0.39 is 21.9 Å². The van der Waals surface area contributed by atoms with E-state index in [-0.39, 0.29) is 27.8 Å². The number of hydrogen-bond acceptors (Lipinski definition) is 5. The van der Waals surface area contributed by atoms with Crippen LogP contribution in [0.2, 0.25) is 10.0 Å². The molecule has 32 heavy (non-hydrogen) atoms. The predicted molar refractivity (Wildman–Crippen MR) is 124 cm³/mol. The van der Waals surface area contributed by atoms with Gasteiger partial charge < -0.3 is 10.1 Å². The van der Waals surface area contributed by atoms with E-state index in [1.54, 1.807) is 6.92 Å². The van der Waals surface area contributed by atoms with Gasteiger partial charge in [-0.1, -0.05) is 23.2 Å². The molecule has 3 aromatic carbocycles. The molecule has 0 atom stereocenters. The number of hydrogen-bond donors (Lipinski definition) is 2. The van der Waals surface area contributed by atoms with Crippen molar-refractivity contribution in [1.82, 2.24) is 0 Å². The highest BCUT2D eigenvalue weighted by Crippen LogP contribution is 2.25. The van der Waals surface area contributed by atoms with Crippen LogP contribution in [0.15, 0.2) is 71.6 Å². The number of anilines is 2. The molecule has 0 fully saturated rings. The first-order valence-corrected chi connectivity index (χ1v) is 11.6. The van der Waals surface area contributed by atoms with Crippen molar-refractivity contribution in [3.8, 4) is 0 Å². The van der Waals surface area contributed by atoms with Gasteiger partial charge >= 0.3 is 5.97 Å². The fraction of sp³-hybridized carbons (Fsp3) is 0.0909. The van der Waals surface area contributed by atoms with Crippen LogP contribution in [-0.4, -0.2) is 26.9 Å². The molecule has 0 saturated heterocycles. The van der Waals surface area contributed by atoms with Gasteiger partial charge in [0, 0.05) is 15.7 Å². The highest BCUT2D eigenvalue weighted by Gasteiger charge is 2.20. The first kappa shape index (κ1) is 23.6. The molecular weight excluding hydrogens is 475 g/mol. The molecule has 0 heterocycles. The van der Waals surface area contributed by atoms with E-state index in [9.17, 15) is 18.0 Å². The van der Waals surface area contributed by atoms with E-state index in [2.05, 4.69) is 10.0 Å². The van der Waals surface area contributed by atoms with Crippen molar-refractivity contribution in [1.29, 1.82) is 0 Å². The van der Waals surface area contributed by atoms with Crippen LogP contribution in [-0.2, 0) is 14.8 Å². The fourth-order valence-electron chi connectivity index (χ4n) is 2.71. The molecule has 3 rings (SSSR count). The van der Waals surface area contributed by atoms with Gasteiger partial charge in [-0.2, -0.15) is 0 Å². The molecular formula is C22H18Cl2N2O5S. The van der Waals surface area contributed by atoms with Gasteiger partial charge in [0.25, 0.3) is 15.9 Å². The molecule has 0 radical (unpaired) electrons. The van der Waals surface area contributed by atoms with Gasteiger partial charge in [-0.25, -0.2) is 13.2 Å². The van der Waals surface area contributed by atoms with E-state index >= 15 is 0 Å². The number of ether oxygens (including phenoxy) is 1. The van der Waals surface area contributed by atoms with Gasteiger partial charge in [0.1, 0.15) is 0 Å². The zero-order valence-corrected chi connectivity index (χ0v) is 19.1. The van der Waals surface area contributed by atoms with Crippen molar-refractivity contribution >= 4 is 56.5 Å². The molecule has 0 aliphatic carbocycles. The van der Waals surface area contributed by atoms with Crippen molar-refractivity contribution in [2.45, 2.75) is 11.8 Å². The van der Waals surface area contributed by atoms with E-state index in [4.69, 9.17) is 27.9 Å². The quantitative estimate of drug-likeness (QED) is 0.440. The lowest BCUT2D eigenvalue weighted by atomic mass is 10.1. The summed E-state index contributed by atoms with van der Waals surface area (Å²) in [6.07, 6.45) is 0. The Kier molecular flexibility index (Phi) is 7.40. The van der Waals surface area contributed by atoms with Crippen molar-refractivity contribution in [3.05, 3.63) is 87.9 Å². The standard InChI is InChI=1S/C22H18Cl2N2O5S/c1-2-31-22(28)14-3-8-17(9-4-14)25-21(27)19-13-16(24)7-12-20(19)26-32(29,30)18-10-5-15(23)6-11-18/h3-13,26H,2H2,1H3,(H,25,27). The third kappa shape index (κ3) is 5.79. The Morgan fingerprint density at radius 3 is 2.16 bits per heavy atom. The largest absolute Gasteiger partial charge is 0.462 e. The minimum absolute atomic E-state index is 0.0160. The molecule has 0 bridgehead atoms. The topological polar surface area (TPSA) is 102 Å². The zero-order chi connectivity index (χ0) is 23.3. The second kappa shape index (κ2) is 10.0. The van der Waals surface area contributed by atoms with E-state index in [0.29, 0.717) is 16.3 Å². The van der Waals surface area contributed by atoms with Crippen molar-refractivity contribution < 1.29 is 22.7 Å². The highest BCUT2D eigenvalue weighted by atomic mass is 35.5. The van der Waals surface area contributed by atoms with E-state index in [1.807, 2.05) is 0 Å². The summed E-state index contributed by atoms with van der Waals surface area (Å²) in [4.78, 5) is 24.6. The van der Waals surface area contributed by atoms with E-state index in [1.165, 1.54) is 66.7 Å². The van der Waals surface area contributed by atoms with Crippen LogP contribution in [0.3, 0.4) is 0 Å². The minimum atomic E-state index is -3.98. The number of rotatable bonds is 7. The summed E-state index contributed by atoms with van der Waals surface area (Å²) < 4.78 is 32.8. The highest BCUT2D eigenvalue weighted by molar-refractivity contribution is 7.92. The maximum atomic E-state index is 12.9. The second-order valence-corrected chi connectivity index (χ2v) is 9.06. The van der Waals surface area contributed by atoms with Gasteiger partial charge in [0.15, 0.2) is 0 Å². The van der Waals surface area contributed by atoms with E-state index in [0.717, 1.165) is 0 Å². The number of carbonyl (C=O) groups excluding carboxylic acids is 2. The first-order chi connectivity index (χ1) is 15.2. The van der Waals surface area contributed by atoms with Gasteiger partial charge in [-0.3, -0.25) is 9.52 Å². The summed E-state index contributed by atoms with van der Waals surface area (Å²) in [5.74, 6) is -1.07. The Labute approximate surface area is 195 Å². The molecule has 0 aliphatic rings. The van der Waals surface area contributed by atoms with Crippen molar-refractivity contribution in [2.75, 3.05) is 16.6 Å². The van der Waals surface area contributed by atoms with Crippen LogP contribution in [0.5, 0.6) is 0 Å². The first-order valence-electron chi connectivity index (χ1n) is 9.36. The average molecular weight is 493 g/mol. The molecule has 0 aliphatic heterocycles. The SMILES string of the molecule is CCOC(=O)c1ccc(NC(=O)c2cc(Cl)ccc2NS(=O)(=O)c2ccc(Cl)cc2)cc1. The van der Waals surface area contributed by atoms with Crippen LogP contribution in [0.1, 0.15) is 27.6 Å². The third-order valence-corrected chi connectivity index (χ3v) is 6.12. The molecule has 7 nitrogen and oxygen atoms in total. The summed E-state index contributed by atoms with van der Waals surface area (Å²) in [5, 5.41) is 3.30. The summed E-state index contributed by atoms with van der Waals surface area (Å²) in [6.45, 7) is 1.96. The van der Waals surface area contributed by atoms with Crippen LogP contribution in [0.25, 0.3) is 0 Å². The summed E-state index contributed by atoms with van der Waals surface area (Å²) in [7, 11) is -3.98. The maximum absolute atomic E-state index is 12.9. The Morgan fingerprint density at radius 2 is 1.53 bits per heavy atom. The molecule has 166 valence electrons. The number of sulfonamides is 1. The lowest BCUT2D eigenvalue weighted by molar-refractivity contribution is 0.0526. The van der Waals surface area contributed by atoms with Gasteiger partial charge in [0.2, 0.25) is 0 Å². The number of amides is 1. The number of carbonyl (C=O) groups is 2. The Morgan fingerprint density at radius 1 is 0.906 bits per heavy atom. The molecule has 3 aromatic rings. The Bertz CT molecular complexity index is 1240. The maximum Gasteiger partial charge on any atom is 0.338 e. The molecule has 0 unspecified atom stereocenters. The van der Waals surface area contributed by atoms with Crippen LogP contribution in [0.4, 0.5) is 11.4 Å². The molecule has 0 saturated carbocycles. The predicted octanol–water partition coefficient (Wildman–Crippen LogP) is 5.22. The normalized spacial score (nSPS) is 11.0. The second-order valence-electron chi connectivity index (χ2n) is 6.50. The Balaban J connectivity index is 1.83. The summed E-state index contributed by atoms with van der Waals surface area (Å²) >= 11 is 11.8. The lowest BCUT2D eigenvalue weighted by Gasteiger charge is -2.14. The molecule has 0 spiro atoms. The molecule has 10 heteroatoms. The molecule has 1 amide bonds. The number of halogens is 2. The summed E-state index contributed by atoms with van der Waals surface area (Å²) in [5.41, 5.74) is 0.799. The average Bonchev–Trinajstić information content (AvgIpc) is 2.76. The fourth-order valence-corrected chi connectivity index (χ4v) is 4.09. The number of esters is 1. The summed E-state index contributed by atoms with van der Waals surface area (Å²) in [6, 6.07) is 15.9. The lowest BCUT2D eigenvalue weighted by Crippen LogP contribution is -2.18. The van der Waals surface area contributed by atoms with Gasteiger partial charge in [-0.15, -0.1) is 0 Å². The van der Waals surface area contributed by atoms with Crippen LogP contribution >= 0.6 is 23.2 Å². The van der Waals surface area contributed by atoms with Gasteiger partial charge in [-0.05, 0) is 73.7 Å². The van der Waals surface area contributed by atoms with Crippen LogP contribution < -0.4 is 10.0 Å². The monoisotopic (exact) mass is 492 g/mol. The van der Waals surface area contributed by atoms with Gasteiger partial charge in [0.05, 0.1) is 28.3 Å². The smallest absolute Gasteiger partial charge is 0.338 e. The third-order valence-electron chi connectivity index (χ3n) is 4.25. The minimum Gasteiger partial charge on any atom is -0.462 e. The number of nitrogens with one attached hydrogen (secondary N) is 2. The van der Waals surface area contributed by atoms with Crippen LogP contribution in [0, 0.1) is 0 Å². The molecule has 0 aromatic heterocycles.